The maximum Gasteiger partial charge on any atom is 0.293 e. The highest BCUT2D eigenvalue weighted by molar-refractivity contribution is 6.14. The van der Waals surface area contributed by atoms with Gasteiger partial charge in [0.25, 0.3) is 5.91 Å². The average molecular weight is 178 g/mol. The Balaban J connectivity index is 2.89. The minimum Gasteiger partial charge on any atom is -0.322 e. The normalized spacial score (nSPS) is 16.5. The molecule has 1 aliphatic rings. The maximum atomic E-state index is 11.2. The summed E-state index contributed by atoms with van der Waals surface area (Å²) in [5.74, 6) is -0.720. The van der Waals surface area contributed by atoms with Crippen molar-refractivity contribution in [2.45, 2.75) is 13.8 Å². The van der Waals surface area contributed by atoms with E-state index in [1.807, 2.05) is 0 Å². The molecule has 1 rings (SSSR count). The van der Waals surface area contributed by atoms with Crippen molar-refractivity contribution in [2.75, 3.05) is 0 Å². The average Bonchev–Trinajstić information content (AvgIpc) is 1.99. The Labute approximate surface area is 76.0 Å². The molecule has 13 heavy (non-hydrogen) atoms. The molecule has 2 amide bonds. The van der Waals surface area contributed by atoms with Crippen LogP contribution in [-0.4, -0.2) is 17.5 Å². The molecule has 1 N–H and O–H groups in total. The van der Waals surface area contributed by atoms with Crippen molar-refractivity contribution >= 4 is 17.5 Å². The van der Waals surface area contributed by atoms with Gasteiger partial charge in [-0.15, -0.1) is 0 Å². The van der Waals surface area contributed by atoms with E-state index < -0.39 is 5.91 Å². The summed E-state index contributed by atoms with van der Waals surface area (Å²) in [4.78, 5) is 25.5. The molecule has 0 radical (unpaired) electrons. The second kappa shape index (κ2) is 3.35. The van der Waals surface area contributed by atoms with Gasteiger partial charge in [-0.25, -0.2) is 4.99 Å². The molecule has 0 bridgehead atoms. The third kappa shape index (κ3) is 2.11. The minimum absolute atomic E-state index is 0.183. The molecule has 0 saturated carbocycles. The van der Waals surface area contributed by atoms with Gasteiger partial charge in [0.2, 0.25) is 5.91 Å². The predicted octanol–water partition coefficient (Wildman–Crippen LogP) is 0.564. The van der Waals surface area contributed by atoms with Crippen LogP contribution in [0, 0.1) is 0 Å². The van der Waals surface area contributed by atoms with E-state index in [4.69, 9.17) is 0 Å². The van der Waals surface area contributed by atoms with E-state index in [9.17, 15) is 9.59 Å². The Hall–Kier alpha value is -1.71. The fourth-order valence-electron chi connectivity index (χ4n) is 0.904. The van der Waals surface area contributed by atoms with Gasteiger partial charge in [-0.05, 0) is 18.6 Å². The van der Waals surface area contributed by atoms with Crippen molar-refractivity contribution in [1.29, 1.82) is 0 Å². The highest BCUT2D eigenvalue weighted by atomic mass is 16.2. The summed E-state index contributed by atoms with van der Waals surface area (Å²) >= 11 is 0. The lowest BCUT2D eigenvalue weighted by Crippen LogP contribution is -2.27. The lowest BCUT2D eigenvalue weighted by atomic mass is 10.1. The number of dihydropyridines is 1. The van der Waals surface area contributed by atoms with Crippen LogP contribution >= 0.6 is 0 Å². The molecule has 0 aliphatic carbocycles. The molecule has 0 unspecified atom stereocenters. The summed E-state index contributed by atoms with van der Waals surface area (Å²) in [6, 6.07) is 0. The summed E-state index contributed by atoms with van der Waals surface area (Å²) in [6.07, 6.45) is 1.52. The van der Waals surface area contributed by atoms with E-state index in [0.717, 1.165) is 0 Å². The van der Waals surface area contributed by atoms with E-state index in [1.54, 1.807) is 6.92 Å². The first-order chi connectivity index (χ1) is 6.00. The molecule has 0 fully saturated rings. The van der Waals surface area contributed by atoms with Crippen LogP contribution in [0.25, 0.3) is 0 Å². The van der Waals surface area contributed by atoms with Gasteiger partial charge in [0, 0.05) is 12.6 Å². The zero-order valence-corrected chi connectivity index (χ0v) is 7.55. The molecule has 68 valence electrons. The van der Waals surface area contributed by atoms with Crippen LogP contribution in [0.15, 0.2) is 28.9 Å². The molecule has 0 saturated heterocycles. The van der Waals surface area contributed by atoms with E-state index in [0.29, 0.717) is 11.3 Å². The van der Waals surface area contributed by atoms with Crippen LogP contribution in [-0.2, 0) is 9.59 Å². The number of hydrogen-bond donors (Lipinski definition) is 1. The van der Waals surface area contributed by atoms with Crippen LogP contribution < -0.4 is 5.32 Å². The topological polar surface area (TPSA) is 58.5 Å². The summed E-state index contributed by atoms with van der Waals surface area (Å²) < 4.78 is 0. The van der Waals surface area contributed by atoms with Gasteiger partial charge in [0.15, 0.2) is 0 Å². The molecule has 4 nitrogen and oxygen atoms in total. The monoisotopic (exact) mass is 178 g/mol. The number of allylic oxidation sites excluding steroid dienone is 2. The van der Waals surface area contributed by atoms with Crippen LogP contribution in [0.2, 0.25) is 0 Å². The van der Waals surface area contributed by atoms with E-state index in [2.05, 4.69) is 16.9 Å². The zero-order valence-electron chi connectivity index (χ0n) is 7.55. The van der Waals surface area contributed by atoms with Gasteiger partial charge in [-0.1, -0.05) is 6.58 Å². The molecule has 0 spiro atoms. The van der Waals surface area contributed by atoms with Gasteiger partial charge in [0.1, 0.15) is 5.70 Å². The highest BCUT2D eigenvalue weighted by Gasteiger charge is 2.16. The molecule has 0 aromatic carbocycles. The quantitative estimate of drug-likeness (QED) is 0.638. The molecule has 0 aromatic rings. The fraction of sp³-hybridized carbons (Fsp3) is 0.222. The van der Waals surface area contributed by atoms with Crippen molar-refractivity contribution in [3.05, 3.63) is 23.9 Å². The largest absolute Gasteiger partial charge is 0.322 e. The smallest absolute Gasteiger partial charge is 0.293 e. The van der Waals surface area contributed by atoms with E-state index in [1.165, 1.54) is 13.0 Å². The molecule has 0 atom stereocenters. The number of amides is 2. The number of rotatable bonds is 1. The fourth-order valence-corrected chi connectivity index (χ4v) is 0.904. The van der Waals surface area contributed by atoms with Crippen LogP contribution in [0.5, 0.6) is 0 Å². The number of nitrogens with one attached hydrogen (secondary N) is 1. The Bertz CT molecular complexity index is 351. The van der Waals surface area contributed by atoms with Gasteiger partial charge < -0.3 is 5.32 Å². The van der Waals surface area contributed by atoms with E-state index >= 15 is 0 Å². The molecular formula is C9H10N2O2. The molecule has 1 heterocycles. The highest BCUT2D eigenvalue weighted by Crippen LogP contribution is 2.09. The lowest BCUT2D eigenvalue weighted by molar-refractivity contribution is -0.121. The van der Waals surface area contributed by atoms with Crippen molar-refractivity contribution in [2.24, 2.45) is 4.99 Å². The summed E-state index contributed by atoms with van der Waals surface area (Å²) in [6.45, 7) is 6.71. The molecule has 0 aromatic heterocycles. The lowest BCUT2D eigenvalue weighted by Gasteiger charge is -2.10. The first-order valence-corrected chi connectivity index (χ1v) is 3.79. The Kier molecular flexibility index (Phi) is 2.41. The first kappa shape index (κ1) is 9.38. The van der Waals surface area contributed by atoms with Crippen LogP contribution in [0.4, 0.5) is 0 Å². The van der Waals surface area contributed by atoms with E-state index in [-0.39, 0.29) is 11.6 Å². The molecule has 4 heteroatoms. The SMILES string of the molecule is C=C1C=C(NC(C)=O)C(=O)N=C1C. The second-order valence-electron chi connectivity index (χ2n) is 2.77. The number of aliphatic imine (C=N–C) groups is 1. The standard InChI is InChI=1S/C9H10N2O2/c1-5-4-8(11-7(3)12)9(13)10-6(5)2/h4H,1H2,2-3H3,(H,11,12). The molecular weight excluding hydrogens is 168 g/mol. The van der Waals surface area contributed by atoms with Gasteiger partial charge in [0.05, 0.1) is 0 Å². The number of carbonyl (C=O) groups excluding carboxylic acids is 2. The summed E-state index contributed by atoms with van der Waals surface area (Å²) in [5.41, 5.74) is 1.41. The minimum atomic E-state index is -0.430. The summed E-state index contributed by atoms with van der Waals surface area (Å²) in [5, 5.41) is 2.39. The Morgan fingerprint density at radius 1 is 1.62 bits per heavy atom. The third-order valence-electron chi connectivity index (χ3n) is 1.59. The van der Waals surface area contributed by atoms with Crippen LogP contribution in [0.3, 0.4) is 0 Å². The van der Waals surface area contributed by atoms with Crippen molar-refractivity contribution in [3.63, 3.8) is 0 Å². The van der Waals surface area contributed by atoms with Gasteiger partial charge in [-0.2, -0.15) is 0 Å². The summed E-state index contributed by atoms with van der Waals surface area (Å²) in [7, 11) is 0. The van der Waals surface area contributed by atoms with Gasteiger partial charge in [-0.3, -0.25) is 9.59 Å². The van der Waals surface area contributed by atoms with Crippen molar-refractivity contribution < 1.29 is 9.59 Å². The Morgan fingerprint density at radius 2 is 2.23 bits per heavy atom. The number of nitrogens with zero attached hydrogens (tertiary/aromatic N) is 1. The van der Waals surface area contributed by atoms with Crippen molar-refractivity contribution in [3.8, 4) is 0 Å². The second-order valence-corrected chi connectivity index (χ2v) is 2.77. The molecule has 1 aliphatic heterocycles. The zero-order chi connectivity index (χ0) is 10.0. The Morgan fingerprint density at radius 3 is 2.77 bits per heavy atom. The predicted molar refractivity (Wildman–Crippen MR) is 49.2 cm³/mol. The van der Waals surface area contributed by atoms with Crippen molar-refractivity contribution in [1.82, 2.24) is 5.32 Å². The van der Waals surface area contributed by atoms with Crippen LogP contribution in [0.1, 0.15) is 13.8 Å². The number of hydrogen-bond acceptors (Lipinski definition) is 2. The number of carbonyl (C=O) groups is 2. The third-order valence-corrected chi connectivity index (χ3v) is 1.59. The van der Waals surface area contributed by atoms with Gasteiger partial charge >= 0.3 is 0 Å². The maximum absolute atomic E-state index is 11.2. The first-order valence-electron chi connectivity index (χ1n) is 3.79.